The van der Waals surface area contributed by atoms with Crippen LogP contribution in [0.25, 0.3) is 0 Å². The second kappa shape index (κ2) is 9.71. The van der Waals surface area contributed by atoms with Gasteiger partial charge in [0, 0.05) is 18.1 Å². The molecular weight excluding hydrogens is 376 g/mol. The molecule has 0 aliphatic carbocycles. The minimum Gasteiger partial charge on any atom is -0.461 e. The van der Waals surface area contributed by atoms with E-state index in [4.69, 9.17) is 9.47 Å². The number of rotatable bonds is 8. The molecule has 24 heavy (non-hydrogen) atoms. The number of ether oxygens (including phenoxy) is 2. The van der Waals surface area contributed by atoms with Crippen LogP contribution in [0.2, 0.25) is 0 Å². The standard InChI is InChI=1S/C17H27BrN2O4/c1-5-23-15(21)14-10-9-13-19(14)20(12-8-6-7-11-18)16(22)24-17(2,3)4/h9-10,13H,5-8,11-12H2,1-4H3. The minimum atomic E-state index is -0.609. The largest absolute Gasteiger partial charge is 0.461 e. The number of aromatic nitrogens is 1. The second-order valence-corrected chi connectivity index (χ2v) is 7.10. The van der Waals surface area contributed by atoms with Crippen molar-refractivity contribution in [2.75, 3.05) is 23.5 Å². The molecule has 0 spiro atoms. The monoisotopic (exact) mass is 402 g/mol. The molecule has 136 valence electrons. The summed E-state index contributed by atoms with van der Waals surface area (Å²) in [6.45, 7) is 7.93. The molecule has 0 aromatic carbocycles. The molecule has 0 radical (unpaired) electrons. The quantitative estimate of drug-likeness (QED) is 0.373. The third kappa shape index (κ3) is 6.55. The number of amides is 1. The molecule has 1 rings (SSSR count). The first-order valence-electron chi connectivity index (χ1n) is 8.21. The van der Waals surface area contributed by atoms with Crippen molar-refractivity contribution >= 4 is 28.0 Å². The van der Waals surface area contributed by atoms with Crippen LogP contribution < -0.4 is 5.01 Å². The van der Waals surface area contributed by atoms with Crippen molar-refractivity contribution in [1.29, 1.82) is 0 Å². The Balaban J connectivity index is 2.98. The first kappa shape index (κ1) is 20.5. The SMILES string of the molecule is CCOC(=O)c1cccn1N(CCCCCBr)C(=O)OC(C)(C)C. The zero-order chi connectivity index (χ0) is 18.2. The summed E-state index contributed by atoms with van der Waals surface area (Å²) in [5, 5.41) is 2.38. The Labute approximate surface area is 152 Å². The first-order chi connectivity index (χ1) is 11.3. The lowest BCUT2D eigenvalue weighted by atomic mass is 10.2. The summed E-state index contributed by atoms with van der Waals surface area (Å²) in [7, 11) is 0. The number of alkyl halides is 1. The normalized spacial score (nSPS) is 11.2. The van der Waals surface area contributed by atoms with E-state index in [0.29, 0.717) is 12.2 Å². The van der Waals surface area contributed by atoms with Gasteiger partial charge in [0.25, 0.3) is 0 Å². The average molecular weight is 403 g/mol. The van der Waals surface area contributed by atoms with Gasteiger partial charge in [-0.25, -0.2) is 19.3 Å². The summed E-state index contributed by atoms with van der Waals surface area (Å²) >= 11 is 3.40. The highest BCUT2D eigenvalue weighted by Crippen LogP contribution is 2.13. The molecule has 7 heteroatoms. The molecular formula is C17H27BrN2O4. The van der Waals surface area contributed by atoms with Gasteiger partial charge in [0.1, 0.15) is 11.3 Å². The molecule has 1 aromatic heterocycles. The van der Waals surface area contributed by atoms with E-state index in [-0.39, 0.29) is 6.61 Å². The highest BCUT2D eigenvalue weighted by atomic mass is 79.9. The third-order valence-corrected chi connectivity index (χ3v) is 3.64. The van der Waals surface area contributed by atoms with Crippen LogP contribution in [0.5, 0.6) is 0 Å². The number of hydrogen-bond donors (Lipinski definition) is 0. The number of carbonyl (C=O) groups is 2. The summed E-state index contributed by atoms with van der Waals surface area (Å²) in [6.07, 6.45) is 3.99. The van der Waals surface area contributed by atoms with Crippen LogP contribution >= 0.6 is 15.9 Å². The molecule has 0 atom stereocenters. The fourth-order valence-corrected chi connectivity index (χ4v) is 2.48. The lowest BCUT2D eigenvalue weighted by Crippen LogP contribution is -2.45. The van der Waals surface area contributed by atoms with Gasteiger partial charge in [-0.05, 0) is 52.7 Å². The van der Waals surface area contributed by atoms with Crippen molar-refractivity contribution in [2.45, 2.75) is 52.6 Å². The van der Waals surface area contributed by atoms with Gasteiger partial charge in [0.15, 0.2) is 0 Å². The van der Waals surface area contributed by atoms with Crippen LogP contribution in [0.4, 0.5) is 4.79 Å². The van der Waals surface area contributed by atoms with E-state index in [1.165, 1.54) is 9.69 Å². The first-order valence-corrected chi connectivity index (χ1v) is 9.33. The van der Waals surface area contributed by atoms with Gasteiger partial charge in [0.05, 0.1) is 6.61 Å². The maximum Gasteiger partial charge on any atom is 0.429 e. The Morgan fingerprint density at radius 3 is 2.54 bits per heavy atom. The molecule has 0 aliphatic rings. The molecule has 0 fully saturated rings. The van der Waals surface area contributed by atoms with E-state index in [1.54, 1.807) is 25.3 Å². The Hall–Kier alpha value is -1.50. The number of carbonyl (C=O) groups excluding carboxylic acids is 2. The fourth-order valence-electron chi connectivity index (χ4n) is 2.08. The van der Waals surface area contributed by atoms with Crippen LogP contribution in [0.15, 0.2) is 18.3 Å². The minimum absolute atomic E-state index is 0.279. The van der Waals surface area contributed by atoms with E-state index < -0.39 is 17.7 Å². The number of unbranched alkanes of at least 4 members (excludes halogenated alkanes) is 2. The van der Waals surface area contributed by atoms with Crippen molar-refractivity contribution in [2.24, 2.45) is 0 Å². The predicted octanol–water partition coefficient (Wildman–Crippen LogP) is 4.10. The van der Waals surface area contributed by atoms with Crippen LogP contribution in [-0.4, -0.2) is 40.8 Å². The molecule has 0 saturated carbocycles. The maximum atomic E-state index is 12.6. The molecule has 0 bridgehead atoms. The molecule has 1 aromatic rings. The zero-order valence-electron chi connectivity index (χ0n) is 14.9. The summed E-state index contributed by atoms with van der Waals surface area (Å²) < 4.78 is 12.1. The van der Waals surface area contributed by atoms with E-state index in [1.807, 2.05) is 20.8 Å². The lowest BCUT2D eigenvalue weighted by molar-refractivity contribution is 0.0495. The van der Waals surface area contributed by atoms with Crippen LogP contribution in [0.1, 0.15) is 57.4 Å². The van der Waals surface area contributed by atoms with Crippen molar-refractivity contribution < 1.29 is 19.1 Å². The number of halogens is 1. The van der Waals surface area contributed by atoms with Gasteiger partial charge >= 0.3 is 12.1 Å². The lowest BCUT2D eigenvalue weighted by Gasteiger charge is -2.29. The van der Waals surface area contributed by atoms with E-state index in [0.717, 1.165) is 24.6 Å². The summed E-state index contributed by atoms with van der Waals surface area (Å²) in [5.41, 5.74) is -0.300. The Bertz CT molecular complexity index is 537. The number of hydrogen-bond acceptors (Lipinski definition) is 4. The highest BCUT2D eigenvalue weighted by molar-refractivity contribution is 9.09. The molecule has 6 nitrogen and oxygen atoms in total. The van der Waals surface area contributed by atoms with E-state index in [2.05, 4.69) is 15.9 Å². The third-order valence-electron chi connectivity index (χ3n) is 3.08. The van der Waals surface area contributed by atoms with Gasteiger partial charge in [0.2, 0.25) is 0 Å². The smallest absolute Gasteiger partial charge is 0.429 e. The molecule has 0 unspecified atom stereocenters. The number of nitrogens with zero attached hydrogens (tertiary/aromatic N) is 2. The summed E-state index contributed by atoms with van der Waals surface area (Å²) in [4.78, 5) is 24.7. The van der Waals surface area contributed by atoms with Crippen molar-refractivity contribution in [1.82, 2.24) is 4.68 Å². The highest BCUT2D eigenvalue weighted by Gasteiger charge is 2.26. The average Bonchev–Trinajstić information content (AvgIpc) is 2.94. The Morgan fingerprint density at radius 2 is 1.96 bits per heavy atom. The van der Waals surface area contributed by atoms with E-state index in [9.17, 15) is 9.59 Å². The van der Waals surface area contributed by atoms with Gasteiger partial charge in [-0.2, -0.15) is 0 Å². The van der Waals surface area contributed by atoms with Crippen molar-refractivity contribution in [3.05, 3.63) is 24.0 Å². The van der Waals surface area contributed by atoms with Gasteiger partial charge < -0.3 is 9.47 Å². The Morgan fingerprint density at radius 1 is 1.25 bits per heavy atom. The molecule has 0 N–H and O–H groups in total. The molecule has 1 heterocycles. The van der Waals surface area contributed by atoms with Crippen molar-refractivity contribution in [3.63, 3.8) is 0 Å². The maximum absolute atomic E-state index is 12.6. The van der Waals surface area contributed by atoms with Crippen LogP contribution in [0.3, 0.4) is 0 Å². The molecule has 0 aliphatic heterocycles. The van der Waals surface area contributed by atoms with E-state index >= 15 is 0 Å². The van der Waals surface area contributed by atoms with Gasteiger partial charge in [-0.15, -0.1) is 0 Å². The summed E-state index contributed by atoms with van der Waals surface area (Å²) in [6, 6.07) is 3.34. The number of esters is 1. The second-order valence-electron chi connectivity index (χ2n) is 6.31. The topological polar surface area (TPSA) is 60.8 Å². The van der Waals surface area contributed by atoms with Crippen molar-refractivity contribution in [3.8, 4) is 0 Å². The molecule has 0 saturated heterocycles. The van der Waals surface area contributed by atoms with Gasteiger partial charge in [-0.1, -0.05) is 22.4 Å². The van der Waals surface area contributed by atoms with Crippen LogP contribution in [0, 0.1) is 0 Å². The Kier molecular flexibility index (Phi) is 8.31. The summed E-state index contributed by atoms with van der Waals surface area (Å²) in [5.74, 6) is -0.462. The predicted molar refractivity (Wildman–Crippen MR) is 97.4 cm³/mol. The van der Waals surface area contributed by atoms with Gasteiger partial charge in [-0.3, -0.25) is 0 Å². The molecule has 1 amide bonds. The fraction of sp³-hybridized carbons (Fsp3) is 0.647. The van der Waals surface area contributed by atoms with Crippen LogP contribution in [-0.2, 0) is 9.47 Å². The zero-order valence-corrected chi connectivity index (χ0v) is 16.5.